The second-order valence-corrected chi connectivity index (χ2v) is 4.26. The van der Waals surface area contributed by atoms with Crippen LogP contribution in [0.5, 0.6) is 0 Å². The molecule has 0 bridgehead atoms. The zero-order valence-electron chi connectivity index (χ0n) is 9.35. The van der Waals surface area contributed by atoms with Crippen LogP contribution in [0.1, 0.15) is 16.8 Å². The van der Waals surface area contributed by atoms with E-state index < -0.39 is 0 Å². The van der Waals surface area contributed by atoms with Crippen LogP contribution in [0.3, 0.4) is 0 Å². The third-order valence-corrected chi connectivity index (χ3v) is 2.68. The van der Waals surface area contributed by atoms with E-state index >= 15 is 0 Å². The Bertz CT molecular complexity index is 563. The van der Waals surface area contributed by atoms with E-state index in [4.69, 9.17) is 18.0 Å². The fourth-order valence-corrected chi connectivity index (χ4v) is 1.68. The van der Waals surface area contributed by atoms with Crippen molar-refractivity contribution in [3.05, 3.63) is 53.1 Å². The molecular formula is C12H12FN3S. The quantitative estimate of drug-likeness (QED) is 0.846. The van der Waals surface area contributed by atoms with E-state index in [-0.39, 0.29) is 10.8 Å². The third kappa shape index (κ3) is 2.68. The summed E-state index contributed by atoms with van der Waals surface area (Å²) >= 11 is 4.79. The third-order valence-electron chi connectivity index (χ3n) is 2.44. The molecule has 0 spiro atoms. The van der Waals surface area contributed by atoms with Crippen molar-refractivity contribution < 1.29 is 4.39 Å². The van der Waals surface area contributed by atoms with Gasteiger partial charge in [0, 0.05) is 17.3 Å². The standard InChI is InChI=1S/C12H12FN3S/c1-8-4-5-16(15-8)7-10-3-2-9(12(14)17)6-11(10)13/h2-6H,7H2,1H3,(H2,14,17). The lowest BCUT2D eigenvalue weighted by molar-refractivity contribution is 0.583. The molecule has 2 rings (SSSR count). The minimum absolute atomic E-state index is 0.199. The lowest BCUT2D eigenvalue weighted by Gasteiger charge is -2.05. The van der Waals surface area contributed by atoms with Crippen LogP contribution < -0.4 is 5.73 Å². The van der Waals surface area contributed by atoms with E-state index in [9.17, 15) is 4.39 Å². The first kappa shape index (κ1) is 11.7. The van der Waals surface area contributed by atoms with Crippen LogP contribution in [0, 0.1) is 12.7 Å². The summed E-state index contributed by atoms with van der Waals surface area (Å²) in [6, 6.07) is 6.63. The molecule has 0 atom stereocenters. The SMILES string of the molecule is Cc1ccn(Cc2ccc(C(N)=S)cc2F)n1. The maximum Gasteiger partial charge on any atom is 0.128 e. The second kappa shape index (κ2) is 4.63. The van der Waals surface area contributed by atoms with Gasteiger partial charge in [-0.15, -0.1) is 0 Å². The van der Waals surface area contributed by atoms with Crippen LogP contribution in [-0.4, -0.2) is 14.8 Å². The summed E-state index contributed by atoms with van der Waals surface area (Å²) in [5, 5.41) is 4.20. The Morgan fingerprint density at radius 1 is 1.47 bits per heavy atom. The number of hydrogen-bond donors (Lipinski definition) is 1. The largest absolute Gasteiger partial charge is 0.389 e. The molecule has 0 amide bonds. The topological polar surface area (TPSA) is 43.8 Å². The van der Waals surface area contributed by atoms with Crippen molar-refractivity contribution in [2.75, 3.05) is 0 Å². The van der Waals surface area contributed by atoms with Crippen LogP contribution in [-0.2, 0) is 6.54 Å². The van der Waals surface area contributed by atoms with E-state index in [2.05, 4.69) is 5.10 Å². The summed E-state index contributed by atoms with van der Waals surface area (Å²) in [5.41, 5.74) is 7.45. The van der Waals surface area contributed by atoms with Gasteiger partial charge >= 0.3 is 0 Å². The lowest BCUT2D eigenvalue weighted by atomic mass is 10.1. The van der Waals surface area contributed by atoms with Crippen LogP contribution in [0.2, 0.25) is 0 Å². The zero-order valence-corrected chi connectivity index (χ0v) is 10.2. The molecule has 1 heterocycles. The number of thiocarbonyl (C=S) groups is 1. The van der Waals surface area contributed by atoms with Crippen molar-refractivity contribution in [2.45, 2.75) is 13.5 Å². The molecule has 3 nitrogen and oxygen atoms in total. The number of aryl methyl sites for hydroxylation is 1. The molecule has 0 aliphatic rings. The van der Waals surface area contributed by atoms with Crippen molar-refractivity contribution >= 4 is 17.2 Å². The molecule has 1 aromatic heterocycles. The zero-order chi connectivity index (χ0) is 12.4. The number of hydrogen-bond acceptors (Lipinski definition) is 2. The highest BCUT2D eigenvalue weighted by Crippen LogP contribution is 2.12. The fourth-order valence-electron chi connectivity index (χ4n) is 1.55. The molecule has 17 heavy (non-hydrogen) atoms. The summed E-state index contributed by atoms with van der Waals surface area (Å²) in [5.74, 6) is -0.316. The average molecular weight is 249 g/mol. The van der Waals surface area contributed by atoms with Crippen molar-refractivity contribution in [1.29, 1.82) is 0 Å². The van der Waals surface area contributed by atoms with E-state index in [0.717, 1.165) is 5.69 Å². The Kier molecular flexibility index (Phi) is 3.19. The molecule has 1 aromatic carbocycles. The number of halogens is 1. The fraction of sp³-hybridized carbons (Fsp3) is 0.167. The molecule has 0 fully saturated rings. The molecule has 2 N–H and O–H groups in total. The summed E-state index contributed by atoms with van der Waals surface area (Å²) in [6.07, 6.45) is 1.82. The highest BCUT2D eigenvalue weighted by Gasteiger charge is 2.06. The van der Waals surface area contributed by atoms with Gasteiger partial charge < -0.3 is 5.73 Å². The van der Waals surface area contributed by atoms with Gasteiger partial charge in [-0.3, -0.25) is 4.68 Å². The number of aromatic nitrogens is 2. The first-order chi connectivity index (χ1) is 8.06. The van der Waals surface area contributed by atoms with Crippen LogP contribution in [0.25, 0.3) is 0 Å². The number of rotatable bonds is 3. The monoisotopic (exact) mass is 249 g/mol. The minimum Gasteiger partial charge on any atom is -0.389 e. The molecule has 88 valence electrons. The maximum atomic E-state index is 13.7. The Hall–Kier alpha value is -1.75. The molecule has 2 aromatic rings. The van der Waals surface area contributed by atoms with Gasteiger partial charge in [0.1, 0.15) is 10.8 Å². The van der Waals surface area contributed by atoms with Crippen molar-refractivity contribution in [1.82, 2.24) is 9.78 Å². The predicted octanol–water partition coefficient (Wildman–Crippen LogP) is 2.01. The first-order valence-electron chi connectivity index (χ1n) is 5.14. The Morgan fingerprint density at radius 2 is 2.24 bits per heavy atom. The van der Waals surface area contributed by atoms with Gasteiger partial charge in [0.15, 0.2) is 0 Å². The van der Waals surface area contributed by atoms with E-state index in [0.29, 0.717) is 17.7 Å². The Morgan fingerprint density at radius 3 is 2.76 bits per heavy atom. The summed E-state index contributed by atoms with van der Waals surface area (Å²) < 4.78 is 15.4. The molecule has 0 radical (unpaired) electrons. The summed E-state index contributed by atoms with van der Waals surface area (Å²) in [4.78, 5) is 0.199. The normalized spacial score (nSPS) is 10.5. The van der Waals surface area contributed by atoms with Crippen molar-refractivity contribution in [3.8, 4) is 0 Å². The molecule has 0 aliphatic carbocycles. The first-order valence-corrected chi connectivity index (χ1v) is 5.55. The van der Waals surface area contributed by atoms with Gasteiger partial charge in [0.2, 0.25) is 0 Å². The van der Waals surface area contributed by atoms with E-state index in [1.165, 1.54) is 6.07 Å². The highest BCUT2D eigenvalue weighted by atomic mass is 32.1. The molecule has 0 saturated carbocycles. The van der Waals surface area contributed by atoms with Gasteiger partial charge in [-0.1, -0.05) is 24.4 Å². The van der Waals surface area contributed by atoms with Gasteiger partial charge in [0.05, 0.1) is 12.2 Å². The minimum atomic E-state index is -0.316. The molecule has 5 heteroatoms. The van der Waals surface area contributed by atoms with Crippen LogP contribution >= 0.6 is 12.2 Å². The smallest absolute Gasteiger partial charge is 0.128 e. The van der Waals surface area contributed by atoms with Gasteiger partial charge in [0.25, 0.3) is 0 Å². The van der Waals surface area contributed by atoms with E-state index in [1.54, 1.807) is 16.8 Å². The molecule has 0 saturated heterocycles. The van der Waals surface area contributed by atoms with Gasteiger partial charge in [-0.2, -0.15) is 5.10 Å². The van der Waals surface area contributed by atoms with Crippen LogP contribution in [0.15, 0.2) is 30.5 Å². The van der Waals surface area contributed by atoms with Crippen molar-refractivity contribution in [3.63, 3.8) is 0 Å². The highest BCUT2D eigenvalue weighted by molar-refractivity contribution is 7.80. The summed E-state index contributed by atoms with van der Waals surface area (Å²) in [7, 11) is 0. The molecule has 0 aliphatic heterocycles. The average Bonchev–Trinajstić information content (AvgIpc) is 2.67. The number of benzene rings is 1. The van der Waals surface area contributed by atoms with Gasteiger partial charge in [-0.05, 0) is 19.1 Å². The summed E-state index contributed by atoms with van der Waals surface area (Å²) in [6.45, 7) is 2.29. The molecular weight excluding hydrogens is 237 g/mol. The Labute approximate surface area is 104 Å². The lowest BCUT2D eigenvalue weighted by Crippen LogP contribution is -2.11. The van der Waals surface area contributed by atoms with Gasteiger partial charge in [-0.25, -0.2) is 4.39 Å². The predicted molar refractivity (Wildman–Crippen MR) is 68.4 cm³/mol. The Balaban J connectivity index is 2.25. The maximum absolute atomic E-state index is 13.7. The molecule has 0 unspecified atom stereocenters. The van der Waals surface area contributed by atoms with E-state index in [1.807, 2.05) is 19.2 Å². The second-order valence-electron chi connectivity index (χ2n) is 3.83. The van der Waals surface area contributed by atoms with Crippen molar-refractivity contribution in [2.24, 2.45) is 5.73 Å². The van der Waals surface area contributed by atoms with Crippen LogP contribution in [0.4, 0.5) is 4.39 Å². The number of nitrogens with zero attached hydrogens (tertiary/aromatic N) is 2. The number of nitrogens with two attached hydrogens (primary N) is 1.